The van der Waals surface area contributed by atoms with Crippen molar-refractivity contribution in [2.45, 2.75) is 75.1 Å². The Bertz CT molecular complexity index is 1070. The van der Waals surface area contributed by atoms with Crippen molar-refractivity contribution < 1.29 is 38.1 Å². The summed E-state index contributed by atoms with van der Waals surface area (Å²) in [6.07, 6.45) is 4.31. The maximum atomic E-state index is 11.9. The number of hydrogen-bond donors (Lipinski definition) is 0. The molecule has 0 spiro atoms. The van der Waals surface area contributed by atoms with E-state index in [2.05, 4.69) is 27.2 Å². The summed E-state index contributed by atoms with van der Waals surface area (Å²) in [7, 11) is 0. The van der Waals surface area contributed by atoms with Crippen molar-refractivity contribution in [3.8, 4) is 0 Å². The molecule has 0 saturated heterocycles. The Morgan fingerprint density at radius 1 is 0.750 bits per heavy atom. The molecule has 222 valence electrons. The van der Waals surface area contributed by atoms with E-state index in [-0.39, 0.29) is 58.4 Å². The molecule has 0 radical (unpaired) electrons. The quantitative estimate of drug-likeness (QED) is 0.177. The van der Waals surface area contributed by atoms with Crippen LogP contribution in [0.15, 0.2) is 25.0 Å². The molecule has 0 atom stereocenters. The van der Waals surface area contributed by atoms with Gasteiger partial charge >= 0.3 is 17.9 Å². The lowest BCUT2D eigenvalue weighted by Gasteiger charge is -2.28. The summed E-state index contributed by atoms with van der Waals surface area (Å²) in [5, 5.41) is 15.9. The van der Waals surface area contributed by atoms with Crippen molar-refractivity contribution in [2.75, 3.05) is 19.8 Å². The molecular formula is C26H40N6O8. The highest BCUT2D eigenvalue weighted by Gasteiger charge is 2.28. The van der Waals surface area contributed by atoms with Gasteiger partial charge in [0.15, 0.2) is 13.5 Å². The minimum atomic E-state index is -0.713. The van der Waals surface area contributed by atoms with Crippen molar-refractivity contribution in [3.63, 3.8) is 0 Å². The Hall–Kier alpha value is -3.65. The van der Waals surface area contributed by atoms with Crippen LogP contribution in [0, 0.1) is 16.2 Å². The highest BCUT2D eigenvalue weighted by atomic mass is 16.6. The van der Waals surface area contributed by atoms with Crippen LogP contribution < -0.4 is 0 Å². The zero-order valence-electron chi connectivity index (χ0n) is 24.3. The van der Waals surface area contributed by atoms with E-state index in [0.717, 1.165) is 6.08 Å². The molecule has 40 heavy (non-hydrogen) atoms. The molecule has 2 rings (SSSR count). The van der Waals surface area contributed by atoms with Gasteiger partial charge in [0.25, 0.3) is 0 Å². The van der Waals surface area contributed by atoms with Gasteiger partial charge in [-0.15, -0.1) is 10.2 Å². The van der Waals surface area contributed by atoms with E-state index in [4.69, 9.17) is 23.7 Å². The molecule has 0 unspecified atom stereocenters. The molecule has 0 saturated carbocycles. The molecule has 0 fully saturated rings. The van der Waals surface area contributed by atoms with Crippen molar-refractivity contribution in [1.29, 1.82) is 0 Å². The number of hydrogen-bond acceptors (Lipinski definition) is 12. The van der Waals surface area contributed by atoms with Crippen LogP contribution in [-0.2, 0) is 64.7 Å². The van der Waals surface area contributed by atoms with Gasteiger partial charge in [0.1, 0.15) is 18.0 Å². The van der Waals surface area contributed by atoms with Gasteiger partial charge in [-0.1, -0.05) is 23.9 Å². The molecule has 2 aromatic heterocycles. The van der Waals surface area contributed by atoms with E-state index in [1.54, 1.807) is 53.9 Å². The molecule has 2 aromatic rings. The maximum Gasteiger partial charge on any atom is 0.330 e. The maximum absolute atomic E-state index is 11.9. The van der Waals surface area contributed by atoms with Crippen molar-refractivity contribution >= 4 is 17.9 Å². The number of aromatic nitrogens is 6. The van der Waals surface area contributed by atoms with Gasteiger partial charge in [0, 0.05) is 11.5 Å². The molecule has 2 heterocycles. The first kappa shape index (κ1) is 32.6. The molecule has 0 bridgehead atoms. The molecular weight excluding hydrogens is 524 g/mol. The Labute approximate surface area is 233 Å². The van der Waals surface area contributed by atoms with Crippen LogP contribution in [0.5, 0.6) is 0 Å². The molecule has 0 aliphatic rings. The fraction of sp³-hybridized carbons (Fsp3) is 0.654. The summed E-state index contributed by atoms with van der Waals surface area (Å²) in [4.78, 5) is 35.5. The highest BCUT2D eigenvalue weighted by Crippen LogP contribution is 2.21. The zero-order chi connectivity index (χ0) is 30.0. The topological polar surface area (TPSA) is 159 Å². The zero-order valence-corrected chi connectivity index (χ0v) is 24.3. The third kappa shape index (κ3) is 11.2. The van der Waals surface area contributed by atoms with Gasteiger partial charge < -0.3 is 23.7 Å². The predicted molar refractivity (Wildman–Crippen MR) is 140 cm³/mol. The van der Waals surface area contributed by atoms with Crippen LogP contribution in [-0.4, -0.2) is 67.7 Å². The number of nitrogens with zero attached hydrogens (tertiary/aromatic N) is 6. The minimum Gasteiger partial charge on any atom is -0.462 e. The standard InChI is InChI=1S/C26H40N6O8/c1-9-21(33)38-16-26(8,14-36-12-19-10-31(29-27-19)17-39-22(34)24(2,3)4)15-37-13-20-11-32(30-28-20)18-40-23(35)25(5,6)7/h9-11H,1,12-18H2,2-8H3. The second-order valence-corrected chi connectivity index (χ2v) is 11.7. The molecule has 0 N–H and O–H groups in total. The number of carbonyl (C=O) groups is 3. The first-order chi connectivity index (χ1) is 18.6. The second kappa shape index (κ2) is 14.1. The van der Waals surface area contributed by atoms with Gasteiger partial charge in [-0.3, -0.25) is 9.59 Å². The highest BCUT2D eigenvalue weighted by molar-refractivity contribution is 5.81. The van der Waals surface area contributed by atoms with Crippen LogP contribution in [0.4, 0.5) is 0 Å². The summed E-state index contributed by atoms with van der Waals surface area (Å²) >= 11 is 0. The minimum absolute atomic E-state index is 0.0166. The van der Waals surface area contributed by atoms with Crippen molar-refractivity contribution in [3.05, 3.63) is 36.4 Å². The van der Waals surface area contributed by atoms with Crippen molar-refractivity contribution in [1.82, 2.24) is 30.0 Å². The van der Waals surface area contributed by atoms with Crippen LogP contribution in [0.2, 0.25) is 0 Å². The van der Waals surface area contributed by atoms with E-state index < -0.39 is 22.2 Å². The summed E-state index contributed by atoms with van der Waals surface area (Å²) in [6, 6.07) is 0. The monoisotopic (exact) mass is 564 g/mol. The first-order valence-corrected chi connectivity index (χ1v) is 12.7. The lowest BCUT2D eigenvalue weighted by atomic mass is 9.94. The van der Waals surface area contributed by atoms with Gasteiger partial charge in [-0.25, -0.2) is 14.2 Å². The molecule has 0 aliphatic carbocycles. The van der Waals surface area contributed by atoms with Crippen LogP contribution in [0.25, 0.3) is 0 Å². The molecule has 0 aromatic carbocycles. The Kier molecular flexibility index (Phi) is 11.5. The number of rotatable bonds is 15. The third-order valence-electron chi connectivity index (χ3n) is 5.18. The molecule has 14 heteroatoms. The third-order valence-corrected chi connectivity index (χ3v) is 5.18. The van der Waals surface area contributed by atoms with Crippen molar-refractivity contribution in [2.24, 2.45) is 16.2 Å². The van der Waals surface area contributed by atoms with E-state index in [1.165, 1.54) is 9.36 Å². The summed E-state index contributed by atoms with van der Waals surface area (Å²) in [5.41, 5.74) is -0.893. The number of ether oxygens (including phenoxy) is 5. The smallest absolute Gasteiger partial charge is 0.330 e. The van der Waals surface area contributed by atoms with E-state index >= 15 is 0 Å². The second-order valence-electron chi connectivity index (χ2n) is 11.7. The van der Waals surface area contributed by atoms with E-state index in [1.807, 2.05) is 6.92 Å². The average Bonchev–Trinajstić information content (AvgIpc) is 3.52. The van der Waals surface area contributed by atoms with Crippen LogP contribution in [0.3, 0.4) is 0 Å². The fourth-order valence-corrected chi connectivity index (χ4v) is 2.85. The Morgan fingerprint density at radius 2 is 1.18 bits per heavy atom. The predicted octanol–water partition coefficient (Wildman–Crippen LogP) is 2.43. The molecule has 0 aliphatic heterocycles. The van der Waals surface area contributed by atoms with E-state index in [0.29, 0.717) is 11.4 Å². The largest absolute Gasteiger partial charge is 0.462 e. The van der Waals surface area contributed by atoms with Gasteiger partial charge in [0.2, 0.25) is 0 Å². The number of esters is 3. The summed E-state index contributed by atoms with van der Waals surface area (Å²) in [5.74, 6) is -1.26. The Morgan fingerprint density at radius 3 is 1.55 bits per heavy atom. The Balaban J connectivity index is 1.87. The average molecular weight is 565 g/mol. The lowest BCUT2D eigenvalue weighted by molar-refractivity contribution is -0.158. The van der Waals surface area contributed by atoms with Gasteiger partial charge in [0.05, 0.1) is 49.7 Å². The molecule has 0 amide bonds. The van der Waals surface area contributed by atoms with E-state index in [9.17, 15) is 14.4 Å². The summed E-state index contributed by atoms with van der Waals surface area (Å²) < 4.78 is 30.2. The first-order valence-electron chi connectivity index (χ1n) is 12.7. The van der Waals surface area contributed by atoms with Crippen LogP contribution >= 0.6 is 0 Å². The normalized spacial score (nSPS) is 12.2. The molecule has 14 nitrogen and oxygen atoms in total. The fourth-order valence-electron chi connectivity index (χ4n) is 2.85. The van der Waals surface area contributed by atoms with Gasteiger partial charge in [-0.2, -0.15) is 0 Å². The summed E-state index contributed by atoms with van der Waals surface area (Å²) in [6.45, 7) is 16.3. The lowest BCUT2D eigenvalue weighted by Crippen LogP contribution is -2.35. The van der Waals surface area contributed by atoms with Gasteiger partial charge in [-0.05, 0) is 41.5 Å². The SMILES string of the molecule is C=CC(=O)OCC(C)(COCc1cn(COC(=O)C(C)(C)C)nn1)COCc1cn(COC(=O)C(C)(C)C)nn1. The van der Waals surface area contributed by atoms with Crippen LogP contribution in [0.1, 0.15) is 59.9 Å². The number of carbonyl (C=O) groups excluding carboxylic acids is 3.